The third kappa shape index (κ3) is 2.41. The molecule has 0 spiro atoms. The van der Waals surface area contributed by atoms with Crippen LogP contribution in [0.5, 0.6) is 0 Å². The van der Waals surface area contributed by atoms with Crippen LogP contribution in [0.2, 0.25) is 0 Å². The van der Waals surface area contributed by atoms with Crippen LogP contribution < -0.4 is 5.32 Å². The molecule has 4 heteroatoms. The van der Waals surface area contributed by atoms with Crippen LogP contribution in [0.1, 0.15) is 42.5 Å². The van der Waals surface area contributed by atoms with Gasteiger partial charge < -0.3 is 5.32 Å². The molecule has 3 rings (SSSR count). The number of ketones is 1. The second kappa shape index (κ2) is 5.00. The summed E-state index contributed by atoms with van der Waals surface area (Å²) in [6.45, 7) is 0. The maximum atomic E-state index is 13.6. The highest BCUT2D eigenvalue weighted by Gasteiger charge is 2.38. The second-order valence-electron chi connectivity index (χ2n) is 5.59. The van der Waals surface area contributed by atoms with E-state index in [1.165, 1.54) is 12.8 Å². The van der Waals surface area contributed by atoms with Gasteiger partial charge in [0.15, 0.2) is 5.78 Å². The van der Waals surface area contributed by atoms with Crippen molar-refractivity contribution in [1.82, 2.24) is 5.32 Å². The van der Waals surface area contributed by atoms with Gasteiger partial charge in [0.05, 0.1) is 11.6 Å². The van der Waals surface area contributed by atoms with Crippen LogP contribution in [0.4, 0.5) is 8.78 Å². The van der Waals surface area contributed by atoms with Gasteiger partial charge in [0.2, 0.25) is 0 Å². The van der Waals surface area contributed by atoms with Gasteiger partial charge in [0.1, 0.15) is 11.6 Å². The number of hydrogen-bond acceptors (Lipinski definition) is 2. The quantitative estimate of drug-likeness (QED) is 0.833. The number of rotatable bonds is 2. The number of carbonyl (C=O) groups is 1. The molecule has 1 aliphatic carbocycles. The first kappa shape index (κ1) is 12.7. The Labute approximate surface area is 111 Å². The normalized spacial score (nSPS) is 30.1. The lowest BCUT2D eigenvalue weighted by atomic mass is 9.84. The number of Topliss-reactive ketones (excluding diaryl/α,β-unsaturated/α-hetero) is 1. The SMILES string of the molecule is O=C(c1cc(F)ccc1F)C1CC2CCCCC2N1. The molecule has 0 amide bonds. The van der Waals surface area contributed by atoms with Gasteiger partial charge in [-0.25, -0.2) is 8.78 Å². The summed E-state index contributed by atoms with van der Waals surface area (Å²) in [4.78, 5) is 12.3. The Morgan fingerprint density at radius 3 is 2.79 bits per heavy atom. The van der Waals surface area contributed by atoms with Crippen molar-refractivity contribution in [3.05, 3.63) is 35.4 Å². The first-order valence-corrected chi connectivity index (χ1v) is 6.90. The van der Waals surface area contributed by atoms with E-state index in [2.05, 4.69) is 5.32 Å². The molecular weight excluding hydrogens is 248 g/mol. The number of halogens is 2. The minimum Gasteiger partial charge on any atom is -0.304 e. The van der Waals surface area contributed by atoms with Crippen LogP contribution in [0.25, 0.3) is 0 Å². The molecule has 1 aromatic carbocycles. The summed E-state index contributed by atoms with van der Waals surface area (Å²) in [6, 6.07) is 3.07. The third-order valence-electron chi connectivity index (χ3n) is 4.37. The Morgan fingerprint density at radius 2 is 2.00 bits per heavy atom. The van der Waals surface area contributed by atoms with Crippen LogP contribution in [0, 0.1) is 17.6 Å². The van der Waals surface area contributed by atoms with Crippen LogP contribution >= 0.6 is 0 Å². The van der Waals surface area contributed by atoms with E-state index in [-0.39, 0.29) is 17.4 Å². The molecule has 0 radical (unpaired) electrons. The predicted molar refractivity (Wildman–Crippen MR) is 68.0 cm³/mol. The average molecular weight is 265 g/mol. The Hall–Kier alpha value is -1.29. The molecule has 1 N–H and O–H groups in total. The van der Waals surface area contributed by atoms with E-state index >= 15 is 0 Å². The Bertz CT molecular complexity index is 489. The van der Waals surface area contributed by atoms with Crippen molar-refractivity contribution in [3.63, 3.8) is 0 Å². The highest BCUT2D eigenvalue weighted by molar-refractivity contribution is 6.00. The van der Waals surface area contributed by atoms with Crippen molar-refractivity contribution in [2.24, 2.45) is 5.92 Å². The van der Waals surface area contributed by atoms with Crippen LogP contribution in [-0.4, -0.2) is 17.9 Å². The van der Waals surface area contributed by atoms with Gasteiger partial charge in [0, 0.05) is 6.04 Å². The second-order valence-corrected chi connectivity index (χ2v) is 5.59. The van der Waals surface area contributed by atoms with Crippen molar-refractivity contribution >= 4 is 5.78 Å². The zero-order valence-electron chi connectivity index (χ0n) is 10.7. The van der Waals surface area contributed by atoms with Crippen molar-refractivity contribution < 1.29 is 13.6 Å². The van der Waals surface area contributed by atoms with Crippen LogP contribution in [0.3, 0.4) is 0 Å². The van der Waals surface area contributed by atoms with Gasteiger partial charge in [0.25, 0.3) is 0 Å². The minimum absolute atomic E-state index is 0.129. The molecule has 0 bridgehead atoms. The summed E-state index contributed by atoms with van der Waals surface area (Å²) in [6.07, 6.45) is 5.36. The molecule has 0 aromatic heterocycles. The molecule has 1 saturated carbocycles. The number of benzene rings is 1. The van der Waals surface area contributed by atoms with E-state index < -0.39 is 11.6 Å². The van der Waals surface area contributed by atoms with E-state index in [1.807, 2.05) is 0 Å². The maximum Gasteiger partial charge on any atom is 0.182 e. The first-order valence-electron chi connectivity index (χ1n) is 6.90. The summed E-state index contributed by atoms with van der Waals surface area (Å²) in [7, 11) is 0. The lowest BCUT2D eigenvalue weighted by Gasteiger charge is -2.24. The molecule has 1 saturated heterocycles. The van der Waals surface area contributed by atoms with Gasteiger partial charge in [-0.05, 0) is 43.4 Å². The number of fused-ring (bicyclic) bond motifs is 1. The highest BCUT2D eigenvalue weighted by atomic mass is 19.1. The minimum atomic E-state index is -0.636. The fourth-order valence-electron chi connectivity index (χ4n) is 3.40. The lowest BCUT2D eigenvalue weighted by molar-refractivity contribution is 0.0944. The summed E-state index contributed by atoms with van der Waals surface area (Å²) in [5.74, 6) is -1.01. The Morgan fingerprint density at radius 1 is 1.21 bits per heavy atom. The number of hydrogen-bond donors (Lipinski definition) is 1. The smallest absolute Gasteiger partial charge is 0.182 e. The van der Waals surface area contributed by atoms with E-state index in [0.29, 0.717) is 12.0 Å². The molecule has 2 aliphatic rings. The summed E-state index contributed by atoms with van der Waals surface area (Å²) in [5, 5.41) is 3.30. The molecule has 1 heterocycles. The Balaban J connectivity index is 1.79. The van der Waals surface area contributed by atoms with Gasteiger partial charge >= 0.3 is 0 Å². The van der Waals surface area contributed by atoms with E-state index in [9.17, 15) is 13.6 Å². The van der Waals surface area contributed by atoms with Crippen molar-refractivity contribution in [2.45, 2.75) is 44.2 Å². The van der Waals surface area contributed by atoms with E-state index in [0.717, 1.165) is 37.5 Å². The molecule has 2 fully saturated rings. The standard InChI is InChI=1S/C15H17F2NO/c16-10-5-6-12(17)11(8-10)15(19)14-7-9-3-1-2-4-13(9)18-14/h5-6,8-9,13-14,18H,1-4,7H2. The molecule has 3 atom stereocenters. The van der Waals surface area contributed by atoms with Crippen molar-refractivity contribution in [1.29, 1.82) is 0 Å². The summed E-state index contributed by atoms with van der Waals surface area (Å²) >= 11 is 0. The largest absolute Gasteiger partial charge is 0.304 e. The van der Waals surface area contributed by atoms with Gasteiger partial charge in [-0.1, -0.05) is 12.8 Å². The summed E-state index contributed by atoms with van der Waals surface area (Å²) < 4.78 is 26.8. The highest BCUT2D eigenvalue weighted by Crippen LogP contribution is 2.34. The lowest BCUT2D eigenvalue weighted by Crippen LogP contribution is -2.37. The molecule has 102 valence electrons. The number of carbonyl (C=O) groups excluding carboxylic acids is 1. The van der Waals surface area contributed by atoms with Gasteiger partial charge in [-0.3, -0.25) is 4.79 Å². The van der Waals surface area contributed by atoms with E-state index in [1.54, 1.807) is 0 Å². The molecule has 3 unspecified atom stereocenters. The fourth-order valence-corrected chi connectivity index (χ4v) is 3.40. The zero-order valence-corrected chi connectivity index (χ0v) is 10.7. The molecule has 1 aliphatic heterocycles. The average Bonchev–Trinajstić information content (AvgIpc) is 2.84. The van der Waals surface area contributed by atoms with E-state index in [4.69, 9.17) is 0 Å². The zero-order chi connectivity index (χ0) is 13.4. The fraction of sp³-hybridized carbons (Fsp3) is 0.533. The first-order chi connectivity index (χ1) is 9.15. The third-order valence-corrected chi connectivity index (χ3v) is 4.37. The molecule has 1 aromatic rings. The Kier molecular flexibility index (Phi) is 3.35. The van der Waals surface area contributed by atoms with Crippen molar-refractivity contribution in [2.75, 3.05) is 0 Å². The van der Waals surface area contributed by atoms with Gasteiger partial charge in [-0.2, -0.15) is 0 Å². The number of nitrogens with one attached hydrogen (secondary N) is 1. The molecule has 2 nitrogen and oxygen atoms in total. The topological polar surface area (TPSA) is 29.1 Å². The summed E-state index contributed by atoms with van der Waals surface area (Å²) in [5.41, 5.74) is -0.129. The van der Waals surface area contributed by atoms with Crippen LogP contribution in [0.15, 0.2) is 18.2 Å². The van der Waals surface area contributed by atoms with Crippen LogP contribution in [-0.2, 0) is 0 Å². The monoisotopic (exact) mass is 265 g/mol. The van der Waals surface area contributed by atoms with Gasteiger partial charge in [-0.15, -0.1) is 0 Å². The molecular formula is C15H17F2NO. The van der Waals surface area contributed by atoms with Crippen molar-refractivity contribution in [3.8, 4) is 0 Å². The predicted octanol–water partition coefficient (Wildman–Crippen LogP) is 3.07. The maximum absolute atomic E-state index is 13.6. The molecule has 19 heavy (non-hydrogen) atoms.